The highest BCUT2D eigenvalue weighted by atomic mass is 16.1. The summed E-state index contributed by atoms with van der Waals surface area (Å²) in [5.74, 6) is 1.95. The average Bonchev–Trinajstić information content (AvgIpc) is 2.39. The number of piperidine rings is 1. The van der Waals surface area contributed by atoms with Crippen LogP contribution in [0.4, 0.5) is 11.6 Å². The molecule has 2 heterocycles. The SMILES string of the molecule is CCC(C)Nc1cc(N2CCCC(=O)C2)ncn1. The van der Waals surface area contributed by atoms with E-state index < -0.39 is 0 Å². The second-order valence-electron chi connectivity index (χ2n) is 4.78. The monoisotopic (exact) mass is 248 g/mol. The molecule has 5 nitrogen and oxygen atoms in total. The molecule has 1 unspecified atom stereocenters. The zero-order valence-electron chi connectivity index (χ0n) is 11.0. The van der Waals surface area contributed by atoms with E-state index in [1.165, 1.54) is 0 Å². The molecule has 1 aromatic rings. The Hall–Kier alpha value is -1.65. The van der Waals surface area contributed by atoms with Gasteiger partial charge in [0.25, 0.3) is 0 Å². The number of aromatic nitrogens is 2. The average molecular weight is 248 g/mol. The number of carbonyl (C=O) groups is 1. The van der Waals surface area contributed by atoms with Gasteiger partial charge in [0, 0.05) is 25.1 Å². The number of hydrogen-bond donors (Lipinski definition) is 1. The number of nitrogens with one attached hydrogen (secondary N) is 1. The van der Waals surface area contributed by atoms with Gasteiger partial charge in [0.15, 0.2) is 5.78 Å². The molecule has 0 spiro atoms. The van der Waals surface area contributed by atoms with E-state index in [2.05, 4.69) is 29.1 Å². The molecule has 0 amide bonds. The van der Waals surface area contributed by atoms with Crippen LogP contribution in [0.3, 0.4) is 0 Å². The third-order valence-corrected chi connectivity index (χ3v) is 3.23. The molecule has 1 saturated heterocycles. The second kappa shape index (κ2) is 5.80. The molecule has 0 aromatic carbocycles. The molecule has 5 heteroatoms. The number of carbonyl (C=O) groups excluding carboxylic acids is 1. The van der Waals surface area contributed by atoms with Crippen LogP contribution in [0, 0.1) is 0 Å². The maximum absolute atomic E-state index is 11.5. The van der Waals surface area contributed by atoms with E-state index in [4.69, 9.17) is 0 Å². The minimum Gasteiger partial charge on any atom is -0.367 e. The van der Waals surface area contributed by atoms with Crippen molar-refractivity contribution < 1.29 is 4.79 Å². The number of nitrogens with zero attached hydrogens (tertiary/aromatic N) is 3. The van der Waals surface area contributed by atoms with Gasteiger partial charge in [-0.3, -0.25) is 4.79 Å². The summed E-state index contributed by atoms with van der Waals surface area (Å²) in [4.78, 5) is 21.9. The van der Waals surface area contributed by atoms with Crippen molar-refractivity contribution in [3.05, 3.63) is 12.4 Å². The predicted molar refractivity (Wildman–Crippen MR) is 71.9 cm³/mol. The van der Waals surface area contributed by atoms with Crippen molar-refractivity contribution in [3.8, 4) is 0 Å². The van der Waals surface area contributed by atoms with Gasteiger partial charge < -0.3 is 10.2 Å². The molecule has 1 aliphatic rings. The maximum Gasteiger partial charge on any atom is 0.152 e. The minimum atomic E-state index is 0.288. The van der Waals surface area contributed by atoms with Crippen molar-refractivity contribution in [1.82, 2.24) is 9.97 Å². The number of anilines is 2. The van der Waals surface area contributed by atoms with Gasteiger partial charge in [-0.2, -0.15) is 0 Å². The Labute approximate surface area is 108 Å². The van der Waals surface area contributed by atoms with Crippen molar-refractivity contribution in [2.75, 3.05) is 23.3 Å². The van der Waals surface area contributed by atoms with E-state index in [-0.39, 0.29) is 5.78 Å². The van der Waals surface area contributed by atoms with Crippen LogP contribution in [-0.4, -0.2) is 34.9 Å². The van der Waals surface area contributed by atoms with E-state index in [0.29, 0.717) is 19.0 Å². The first-order chi connectivity index (χ1) is 8.69. The normalized spacial score (nSPS) is 17.7. The lowest BCUT2D eigenvalue weighted by atomic mass is 10.1. The van der Waals surface area contributed by atoms with Crippen LogP contribution in [0.1, 0.15) is 33.1 Å². The Morgan fingerprint density at radius 3 is 3.06 bits per heavy atom. The summed E-state index contributed by atoms with van der Waals surface area (Å²) in [5, 5.41) is 3.32. The van der Waals surface area contributed by atoms with Gasteiger partial charge in [-0.1, -0.05) is 6.92 Å². The van der Waals surface area contributed by atoms with Gasteiger partial charge in [-0.15, -0.1) is 0 Å². The highest BCUT2D eigenvalue weighted by Crippen LogP contribution is 2.18. The molecule has 0 aliphatic carbocycles. The zero-order valence-corrected chi connectivity index (χ0v) is 11.0. The lowest BCUT2D eigenvalue weighted by Crippen LogP contribution is -2.36. The van der Waals surface area contributed by atoms with Crippen molar-refractivity contribution in [2.45, 2.75) is 39.2 Å². The van der Waals surface area contributed by atoms with Crippen molar-refractivity contribution in [2.24, 2.45) is 0 Å². The molecule has 0 bridgehead atoms. The summed E-state index contributed by atoms with van der Waals surface area (Å²) in [6, 6.07) is 2.31. The van der Waals surface area contributed by atoms with Crippen molar-refractivity contribution >= 4 is 17.4 Å². The Kier molecular flexibility index (Phi) is 4.12. The van der Waals surface area contributed by atoms with Crippen LogP contribution in [0.25, 0.3) is 0 Å². The van der Waals surface area contributed by atoms with E-state index >= 15 is 0 Å². The molecule has 0 saturated carbocycles. The van der Waals surface area contributed by atoms with Crippen LogP contribution in [0.15, 0.2) is 12.4 Å². The fourth-order valence-electron chi connectivity index (χ4n) is 1.99. The Balaban J connectivity index is 2.08. The van der Waals surface area contributed by atoms with Crippen LogP contribution in [-0.2, 0) is 4.79 Å². The van der Waals surface area contributed by atoms with Crippen LogP contribution < -0.4 is 10.2 Å². The van der Waals surface area contributed by atoms with Crippen LogP contribution in [0.5, 0.6) is 0 Å². The number of ketones is 1. The third-order valence-electron chi connectivity index (χ3n) is 3.23. The van der Waals surface area contributed by atoms with Gasteiger partial charge in [0.2, 0.25) is 0 Å². The predicted octanol–water partition coefficient (Wildman–Crippen LogP) is 1.86. The molecule has 0 radical (unpaired) electrons. The molecule has 1 N–H and O–H groups in total. The highest BCUT2D eigenvalue weighted by molar-refractivity contribution is 5.84. The lowest BCUT2D eigenvalue weighted by Gasteiger charge is -2.27. The van der Waals surface area contributed by atoms with Gasteiger partial charge in [-0.25, -0.2) is 9.97 Å². The molecule has 1 aromatic heterocycles. The first-order valence-electron chi connectivity index (χ1n) is 6.54. The molecule has 1 fully saturated rings. The molecule has 2 rings (SSSR count). The fourth-order valence-corrected chi connectivity index (χ4v) is 1.99. The number of Topliss-reactive ketones (excluding diaryl/α,β-unsaturated/α-hetero) is 1. The molecule has 1 aliphatic heterocycles. The largest absolute Gasteiger partial charge is 0.367 e. The summed E-state index contributed by atoms with van der Waals surface area (Å²) in [7, 11) is 0. The highest BCUT2D eigenvalue weighted by Gasteiger charge is 2.18. The van der Waals surface area contributed by atoms with Gasteiger partial charge in [0.05, 0.1) is 6.54 Å². The standard InChI is InChI=1S/C13H20N4O/c1-3-10(2)16-12-7-13(15-9-14-12)17-6-4-5-11(18)8-17/h7,9-10H,3-6,8H2,1-2H3,(H,14,15,16). The van der Waals surface area contributed by atoms with Crippen molar-refractivity contribution in [3.63, 3.8) is 0 Å². The van der Waals surface area contributed by atoms with Crippen molar-refractivity contribution in [1.29, 1.82) is 0 Å². The lowest BCUT2D eigenvalue weighted by molar-refractivity contribution is -0.118. The molecule has 98 valence electrons. The topological polar surface area (TPSA) is 58.1 Å². The molecule has 18 heavy (non-hydrogen) atoms. The first-order valence-corrected chi connectivity index (χ1v) is 6.54. The summed E-state index contributed by atoms with van der Waals surface area (Å²) in [6.45, 7) is 5.61. The second-order valence-corrected chi connectivity index (χ2v) is 4.78. The smallest absolute Gasteiger partial charge is 0.152 e. The van der Waals surface area contributed by atoms with E-state index in [1.54, 1.807) is 6.33 Å². The van der Waals surface area contributed by atoms with E-state index in [9.17, 15) is 4.79 Å². The first kappa shape index (κ1) is 12.8. The summed E-state index contributed by atoms with van der Waals surface area (Å²) >= 11 is 0. The van der Waals surface area contributed by atoms with E-state index in [0.717, 1.165) is 31.0 Å². The zero-order chi connectivity index (χ0) is 13.0. The van der Waals surface area contributed by atoms with Gasteiger partial charge in [0.1, 0.15) is 18.0 Å². The number of hydrogen-bond acceptors (Lipinski definition) is 5. The Morgan fingerprint density at radius 1 is 1.50 bits per heavy atom. The summed E-state index contributed by atoms with van der Waals surface area (Å²) in [6.07, 6.45) is 4.21. The number of rotatable bonds is 4. The summed E-state index contributed by atoms with van der Waals surface area (Å²) < 4.78 is 0. The van der Waals surface area contributed by atoms with Crippen LogP contribution in [0.2, 0.25) is 0 Å². The summed E-state index contributed by atoms with van der Waals surface area (Å²) in [5.41, 5.74) is 0. The fraction of sp³-hybridized carbons (Fsp3) is 0.615. The minimum absolute atomic E-state index is 0.288. The quantitative estimate of drug-likeness (QED) is 0.881. The van der Waals surface area contributed by atoms with Crippen LogP contribution >= 0.6 is 0 Å². The molecular formula is C13H20N4O. The maximum atomic E-state index is 11.5. The van der Waals surface area contributed by atoms with Gasteiger partial charge >= 0.3 is 0 Å². The molecular weight excluding hydrogens is 228 g/mol. The Bertz CT molecular complexity index is 421. The van der Waals surface area contributed by atoms with E-state index in [1.807, 2.05) is 11.0 Å². The molecule has 1 atom stereocenters. The van der Waals surface area contributed by atoms with Gasteiger partial charge in [-0.05, 0) is 19.8 Å². The Morgan fingerprint density at radius 2 is 2.33 bits per heavy atom. The third kappa shape index (κ3) is 3.18.